The highest BCUT2D eigenvalue weighted by molar-refractivity contribution is 7.64. The van der Waals surface area contributed by atoms with E-state index >= 15 is 0 Å². The van der Waals surface area contributed by atoms with Crippen LogP contribution in [0.1, 0.15) is 0 Å². The van der Waals surface area contributed by atoms with E-state index in [1.807, 2.05) is 0 Å². The first-order valence-electron chi connectivity index (χ1n) is 4.17. The van der Waals surface area contributed by atoms with Gasteiger partial charge in [0.2, 0.25) is 0 Å². The summed E-state index contributed by atoms with van der Waals surface area (Å²) < 4.78 is 36.4. The van der Waals surface area contributed by atoms with Gasteiger partial charge in [-0.15, -0.1) is 4.89 Å². The molecule has 114 valence electrons. The predicted molar refractivity (Wildman–Crippen MR) is 63.1 cm³/mol. The largest absolute Gasteiger partial charge is 0.705 e. The van der Waals surface area contributed by atoms with E-state index in [2.05, 4.69) is 18.6 Å². The van der Waals surface area contributed by atoms with E-state index in [1.165, 1.54) is 12.3 Å². The highest BCUT2D eigenvalue weighted by Crippen LogP contribution is 2.60. The van der Waals surface area contributed by atoms with Gasteiger partial charge in [0.05, 0.1) is 0 Å². The van der Waals surface area contributed by atoms with Crippen LogP contribution in [0.15, 0.2) is 17.1 Å². The van der Waals surface area contributed by atoms with Crippen molar-refractivity contribution >= 4 is 29.7 Å². The molecular weight excluding hydrogens is 343 g/mol. The van der Waals surface area contributed by atoms with Crippen LogP contribution in [0.3, 0.4) is 0 Å². The van der Waals surface area contributed by atoms with E-state index in [4.69, 9.17) is 25.3 Å². The minimum Gasteiger partial charge on any atom is -0.385 e. The molecule has 0 amide bonds. The molecule has 13 nitrogen and oxygen atoms in total. The van der Waals surface area contributed by atoms with Crippen LogP contribution in [0.25, 0.3) is 0 Å². The van der Waals surface area contributed by atoms with Crippen LogP contribution in [0.2, 0.25) is 0 Å². The molecule has 2 atom stereocenters. The molecular formula is C4H9N3O10P3+. The molecule has 1 rings (SSSR count). The van der Waals surface area contributed by atoms with Crippen molar-refractivity contribution in [3.8, 4) is 0 Å². The third-order valence-corrected chi connectivity index (χ3v) is 4.14. The smallest absolute Gasteiger partial charge is 0.385 e. The van der Waals surface area contributed by atoms with Crippen molar-refractivity contribution in [3.63, 3.8) is 0 Å². The van der Waals surface area contributed by atoms with Crippen LogP contribution in [-0.4, -0.2) is 29.5 Å². The molecule has 0 spiro atoms. The second-order valence-corrected chi connectivity index (χ2v) is 6.39. The van der Waals surface area contributed by atoms with Gasteiger partial charge in [0.1, 0.15) is 5.82 Å². The fraction of sp³-hybridized carbons (Fsp3) is 0. The van der Waals surface area contributed by atoms with Gasteiger partial charge in [0.25, 0.3) is 0 Å². The lowest BCUT2D eigenvalue weighted by atomic mass is 10.6. The average molecular weight is 352 g/mol. The number of nitrogen functional groups attached to an aromatic ring is 1. The highest BCUT2D eigenvalue weighted by atomic mass is 31.3. The molecule has 0 aliphatic rings. The number of aromatic nitrogens is 2. The fourth-order valence-corrected chi connectivity index (χ4v) is 2.79. The summed E-state index contributed by atoms with van der Waals surface area (Å²) in [5.74, 6) is 0.338. The number of nitrogens with zero attached hydrogens (tertiary/aromatic N) is 1. The third kappa shape index (κ3) is 10.9. The van der Waals surface area contributed by atoms with Crippen LogP contribution < -0.4 is 11.4 Å². The molecule has 16 heteroatoms. The van der Waals surface area contributed by atoms with Crippen molar-refractivity contribution in [1.82, 2.24) is 9.97 Å². The van der Waals surface area contributed by atoms with Crippen molar-refractivity contribution in [2.75, 3.05) is 5.73 Å². The number of phosphoric acid groups is 2. The highest BCUT2D eigenvalue weighted by Gasteiger charge is 2.40. The van der Waals surface area contributed by atoms with Crippen molar-refractivity contribution in [3.05, 3.63) is 22.7 Å². The van der Waals surface area contributed by atoms with Gasteiger partial charge >= 0.3 is 29.6 Å². The zero-order chi connectivity index (χ0) is 16.0. The minimum atomic E-state index is -5.22. The van der Waals surface area contributed by atoms with Crippen LogP contribution in [0, 0.1) is 0 Å². The molecule has 0 fully saturated rings. The van der Waals surface area contributed by atoms with Gasteiger partial charge in [-0.1, -0.05) is 0 Å². The van der Waals surface area contributed by atoms with Crippen molar-refractivity contribution in [2.24, 2.45) is 0 Å². The zero-order valence-electron chi connectivity index (χ0n) is 9.26. The summed E-state index contributed by atoms with van der Waals surface area (Å²) in [7, 11) is -13.9. The lowest BCUT2D eigenvalue weighted by molar-refractivity contribution is 0.227. The quantitative estimate of drug-likeness (QED) is 0.367. The van der Waals surface area contributed by atoms with Crippen molar-refractivity contribution < 1.29 is 41.9 Å². The normalized spacial score (nSPS) is 14.7. The Bertz CT molecular complexity index is 608. The van der Waals surface area contributed by atoms with Crippen molar-refractivity contribution in [1.29, 1.82) is 0 Å². The maximum absolute atomic E-state index is 10.3. The molecule has 0 aliphatic carbocycles. The number of hydrogen-bond acceptors (Lipinski definition) is 8. The molecule has 0 radical (unpaired) electrons. The second kappa shape index (κ2) is 7.70. The molecule has 2 unspecified atom stereocenters. The Hall–Kier alpha value is -1.00. The van der Waals surface area contributed by atoms with E-state index in [0.717, 1.165) is 0 Å². The first-order valence-corrected chi connectivity index (χ1v) is 8.33. The molecule has 0 saturated heterocycles. The van der Waals surface area contributed by atoms with Crippen molar-refractivity contribution in [2.45, 2.75) is 0 Å². The Kier molecular flexibility index (Phi) is 7.31. The minimum absolute atomic E-state index is 0.338. The number of rotatable bonds is 4. The Labute approximate surface area is 111 Å². The van der Waals surface area contributed by atoms with E-state index in [9.17, 15) is 18.5 Å². The van der Waals surface area contributed by atoms with Crippen LogP contribution >= 0.6 is 23.9 Å². The summed E-state index contributed by atoms with van der Waals surface area (Å²) >= 11 is 0. The van der Waals surface area contributed by atoms with Gasteiger partial charge < -0.3 is 15.5 Å². The van der Waals surface area contributed by atoms with E-state index in [-0.39, 0.29) is 0 Å². The van der Waals surface area contributed by atoms with Gasteiger partial charge in [-0.05, 0) is 10.4 Å². The molecule has 0 bridgehead atoms. The first-order chi connectivity index (χ1) is 8.91. The maximum atomic E-state index is 10.3. The van der Waals surface area contributed by atoms with Gasteiger partial charge in [-0.3, -0.25) is 9.88 Å². The summed E-state index contributed by atoms with van der Waals surface area (Å²) in [5, 5.41) is 0. The number of hydrogen-bond donors (Lipinski definition) is 6. The number of H-pyrrole nitrogens is 1. The molecule has 1 aromatic rings. The molecule has 0 aromatic carbocycles. The Morgan fingerprint density at radius 3 is 2.20 bits per heavy atom. The molecule has 0 aliphatic heterocycles. The summed E-state index contributed by atoms with van der Waals surface area (Å²) in [6, 6.07) is 1.52. The summed E-state index contributed by atoms with van der Waals surface area (Å²) in [4.78, 5) is 48.0. The second-order valence-electron chi connectivity index (χ2n) is 2.69. The lowest BCUT2D eigenvalue weighted by Gasteiger charge is -2.04. The summed E-state index contributed by atoms with van der Waals surface area (Å²) in [5.41, 5.74) is 4.75. The Balaban J connectivity index is 0.000000388. The topological polar surface area (TPSA) is 222 Å². The van der Waals surface area contributed by atoms with Gasteiger partial charge in [-0.25, -0.2) is 18.9 Å². The van der Waals surface area contributed by atoms with E-state index in [0.29, 0.717) is 5.82 Å². The Morgan fingerprint density at radius 1 is 1.35 bits per heavy atom. The molecule has 1 aromatic heterocycles. The standard InChI is InChI=1S/C4H5N3O.H3O9P3/c5-3-1-2-6-4(8)7-3;1-10(2)8-12(6,7)9-11(3,4)5/h1-2H,(H3,5,6,7,8);(H3-,1,2,3,4,5,6,7)/p+1. The summed E-state index contributed by atoms with van der Waals surface area (Å²) in [6.45, 7) is 0. The monoisotopic (exact) mass is 352 g/mol. The number of aromatic amines is 1. The SMILES string of the molecule is Nc1ccnc(=O)[nH]1.O=[P+](O)OP(=O)(O)OP(=O)(O)O. The zero-order valence-corrected chi connectivity index (χ0v) is 11.9. The van der Waals surface area contributed by atoms with Gasteiger partial charge in [0, 0.05) is 10.8 Å². The first kappa shape index (κ1) is 19.0. The van der Waals surface area contributed by atoms with Crippen LogP contribution in [0.4, 0.5) is 5.82 Å². The van der Waals surface area contributed by atoms with Gasteiger partial charge in [-0.2, -0.15) is 4.31 Å². The summed E-state index contributed by atoms with van der Waals surface area (Å²) in [6.07, 6.45) is 1.36. The van der Waals surface area contributed by atoms with E-state index < -0.39 is 29.6 Å². The lowest BCUT2D eigenvalue weighted by Crippen LogP contribution is -2.10. The molecule has 0 saturated carbocycles. The molecule has 1 heterocycles. The average Bonchev–Trinajstić information content (AvgIpc) is 2.10. The number of anilines is 1. The van der Waals surface area contributed by atoms with E-state index in [1.54, 1.807) is 0 Å². The maximum Gasteiger partial charge on any atom is 0.705 e. The van der Waals surface area contributed by atoms with Gasteiger partial charge in [0.15, 0.2) is 0 Å². The number of nitrogens with one attached hydrogen (secondary N) is 1. The Morgan fingerprint density at radius 2 is 1.90 bits per heavy atom. The fourth-order valence-electron chi connectivity index (χ4n) is 0.620. The van der Waals surface area contributed by atoms with Crippen LogP contribution in [-0.2, 0) is 22.3 Å². The molecule has 20 heavy (non-hydrogen) atoms. The predicted octanol–water partition coefficient (Wildman–Crippen LogP) is -0.786. The third-order valence-electron chi connectivity index (χ3n) is 1.08. The van der Waals surface area contributed by atoms with Crippen LogP contribution in [0.5, 0.6) is 0 Å². The number of nitrogens with two attached hydrogens (primary N) is 1. The molecule has 7 N–H and O–H groups in total.